The van der Waals surface area contributed by atoms with E-state index >= 15 is 0 Å². The Morgan fingerprint density at radius 3 is 2.17 bits per heavy atom. The minimum atomic E-state index is 0.314. The lowest BCUT2D eigenvalue weighted by Crippen LogP contribution is -2.03. The molecule has 0 bridgehead atoms. The molecule has 0 saturated heterocycles. The summed E-state index contributed by atoms with van der Waals surface area (Å²) in [5, 5.41) is 5.04. The van der Waals surface area contributed by atoms with Crippen LogP contribution in [0.15, 0.2) is 54.6 Å². The van der Waals surface area contributed by atoms with Crippen LogP contribution in [0.3, 0.4) is 0 Å². The lowest BCUT2D eigenvalue weighted by molar-refractivity contribution is 0.284. The summed E-state index contributed by atoms with van der Waals surface area (Å²) in [7, 11) is 3.17. The van der Waals surface area contributed by atoms with E-state index in [4.69, 9.17) is 49.0 Å². The molecule has 0 aliphatic rings. The van der Waals surface area contributed by atoms with Crippen molar-refractivity contribution < 1.29 is 14.2 Å². The lowest BCUT2D eigenvalue weighted by atomic mass is 10.2. The van der Waals surface area contributed by atoms with Gasteiger partial charge in [-0.05, 0) is 35.9 Å². The van der Waals surface area contributed by atoms with E-state index in [0.717, 1.165) is 16.8 Å². The number of methoxy groups -OCH3 is 2. The Bertz CT molecular complexity index is 995. The molecule has 0 heterocycles. The van der Waals surface area contributed by atoms with Gasteiger partial charge in [-0.2, -0.15) is 0 Å². The minimum Gasteiger partial charge on any atom is -0.495 e. The Hall–Kier alpha value is -2.27. The van der Waals surface area contributed by atoms with Crippen LogP contribution in [0.4, 0.5) is 5.69 Å². The van der Waals surface area contributed by atoms with E-state index in [2.05, 4.69) is 5.32 Å². The fourth-order valence-corrected chi connectivity index (χ4v) is 3.40. The quantitative estimate of drug-likeness (QED) is 0.405. The third-order valence-corrected chi connectivity index (χ3v) is 5.32. The minimum absolute atomic E-state index is 0.314. The zero-order valence-electron chi connectivity index (χ0n) is 16.0. The van der Waals surface area contributed by atoms with Crippen molar-refractivity contribution in [3.63, 3.8) is 0 Å². The van der Waals surface area contributed by atoms with Gasteiger partial charge in [-0.3, -0.25) is 0 Å². The predicted octanol–water partition coefficient (Wildman–Crippen LogP) is 6.86. The number of hydrogen-bond acceptors (Lipinski definition) is 4. The predicted molar refractivity (Wildman–Crippen MR) is 119 cm³/mol. The monoisotopic (exact) mass is 451 g/mol. The maximum atomic E-state index is 6.47. The number of hydrogen-bond donors (Lipinski definition) is 1. The van der Waals surface area contributed by atoms with Gasteiger partial charge in [0.05, 0.1) is 19.2 Å². The van der Waals surface area contributed by atoms with Gasteiger partial charge in [-0.25, -0.2) is 0 Å². The fourth-order valence-electron chi connectivity index (χ4n) is 2.73. The number of benzene rings is 3. The Kier molecular flexibility index (Phi) is 7.37. The van der Waals surface area contributed by atoms with Crippen molar-refractivity contribution in [2.24, 2.45) is 0 Å². The van der Waals surface area contributed by atoms with Gasteiger partial charge in [-0.15, -0.1) is 0 Å². The summed E-state index contributed by atoms with van der Waals surface area (Å²) in [6.07, 6.45) is 0. The highest BCUT2D eigenvalue weighted by molar-refractivity contribution is 6.32. The van der Waals surface area contributed by atoms with E-state index in [0.29, 0.717) is 45.5 Å². The Balaban J connectivity index is 1.72. The molecule has 0 amide bonds. The van der Waals surface area contributed by atoms with Gasteiger partial charge in [0.15, 0.2) is 11.5 Å². The highest BCUT2D eigenvalue weighted by Gasteiger charge is 2.12. The van der Waals surface area contributed by atoms with E-state index in [1.807, 2.05) is 36.4 Å². The summed E-state index contributed by atoms with van der Waals surface area (Å²) in [5.41, 5.74) is 2.60. The highest BCUT2D eigenvalue weighted by atomic mass is 35.5. The molecule has 3 aromatic rings. The van der Waals surface area contributed by atoms with Crippen molar-refractivity contribution in [3.05, 3.63) is 80.8 Å². The number of anilines is 1. The largest absolute Gasteiger partial charge is 0.495 e. The Labute approximate surface area is 185 Å². The molecule has 29 heavy (non-hydrogen) atoms. The molecule has 1 N–H and O–H groups in total. The third kappa shape index (κ3) is 5.41. The van der Waals surface area contributed by atoms with Gasteiger partial charge in [0.1, 0.15) is 12.4 Å². The van der Waals surface area contributed by atoms with Crippen LogP contribution in [0.5, 0.6) is 17.2 Å². The van der Waals surface area contributed by atoms with Gasteiger partial charge in [0.2, 0.25) is 0 Å². The van der Waals surface area contributed by atoms with Gasteiger partial charge in [-0.1, -0.05) is 53.0 Å². The van der Waals surface area contributed by atoms with Crippen molar-refractivity contribution in [3.8, 4) is 17.2 Å². The molecule has 3 rings (SSSR count). The highest BCUT2D eigenvalue weighted by Crippen LogP contribution is 2.35. The number of nitrogens with one attached hydrogen (secondary N) is 1. The van der Waals surface area contributed by atoms with Crippen LogP contribution < -0.4 is 19.5 Å². The fraction of sp³-hybridized carbons (Fsp3) is 0.182. The number of halogens is 3. The molecule has 0 aromatic heterocycles. The van der Waals surface area contributed by atoms with E-state index < -0.39 is 0 Å². The molecule has 0 saturated carbocycles. The SMILES string of the molecule is COc1ccc(NCc2cc(OC)c(OCc3ccccc3Cl)cc2Cl)cc1Cl. The normalized spacial score (nSPS) is 10.5. The molecule has 7 heteroatoms. The van der Waals surface area contributed by atoms with Crippen molar-refractivity contribution >= 4 is 40.5 Å². The number of rotatable bonds is 8. The van der Waals surface area contributed by atoms with E-state index in [1.165, 1.54) is 0 Å². The molecule has 0 fully saturated rings. The van der Waals surface area contributed by atoms with Gasteiger partial charge < -0.3 is 19.5 Å². The second kappa shape index (κ2) is 9.97. The molecule has 0 atom stereocenters. The maximum Gasteiger partial charge on any atom is 0.163 e. The van der Waals surface area contributed by atoms with Crippen LogP contribution in [-0.2, 0) is 13.2 Å². The van der Waals surface area contributed by atoms with E-state index in [9.17, 15) is 0 Å². The first-order valence-electron chi connectivity index (χ1n) is 8.82. The van der Waals surface area contributed by atoms with Crippen LogP contribution in [0.2, 0.25) is 15.1 Å². The molecule has 0 aliphatic carbocycles. The van der Waals surface area contributed by atoms with Crippen molar-refractivity contribution in [2.45, 2.75) is 13.2 Å². The second-order valence-corrected chi connectivity index (χ2v) is 7.40. The topological polar surface area (TPSA) is 39.7 Å². The zero-order valence-corrected chi connectivity index (χ0v) is 18.2. The van der Waals surface area contributed by atoms with Gasteiger partial charge in [0.25, 0.3) is 0 Å². The van der Waals surface area contributed by atoms with Gasteiger partial charge >= 0.3 is 0 Å². The molecule has 0 aliphatic heterocycles. The smallest absolute Gasteiger partial charge is 0.163 e. The Morgan fingerprint density at radius 2 is 1.48 bits per heavy atom. The lowest BCUT2D eigenvalue weighted by Gasteiger charge is -2.15. The van der Waals surface area contributed by atoms with E-state index in [-0.39, 0.29) is 0 Å². The molecular weight excluding hydrogens is 433 g/mol. The number of ether oxygens (including phenoxy) is 3. The maximum absolute atomic E-state index is 6.47. The summed E-state index contributed by atoms with van der Waals surface area (Å²) in [5.74, 6) is 1.76. The molecule has 0 spiro atoms. The average molecular weight is 453 g/mol. The molecule has 4 nitrogen and oxygen atoms in total. The van der Waals surface area contributed by atoms with Crippen LogP contribution in [0, 0.1) is 0 Å². The van der Waals surface area contributed by atoms with Crippen LogP contribution in [-0.4, -0.2) is 14.2 Å². The Morgan fingerprint density at radius 1 is 0.724 bits per heavy atom. The van der Waals surface area contributed by atoms with Crippen molar-refractivity contribution in [1.82, 2.24) is 0 Å². The summed E-state index contributed by atoms with van der Waals surface area (Å²) in [4.78, 5) is 0. The molecule has 152 valence electrons. The third-order valence-electron chi connectivity index (χ3n) is 4.31. The first-order chi connectivity index (χ1) is 14.0. The van der Waals surface area contributed by atoms with E-state index in [1.54, 1.807) is 32.4 Å². The first kappa shape index (κ1) is 21.4. The summed E-state index contributed by atoms with van der Waals surface area (Å²) >= 11 is 18.8. The van der Waals surface area contributed by atoms with Gasteiger partial charge in [0, 0.05) is 33.9 Å². The van der Waals surface area contributed by atoms with Crippen molar-refractivity contribution in [2.75, 3.05) is 19.5 Å². The summed E-state index contributed by atoms with van der Waals surface area (Å²) < 4.78 is 16.5. The molecular formula is C22H20Cl3NO3. The van der Waals surface area contributed by atoms with Crippen molar-refractivity contribution in [1.29, 1.82) is 0 Å². The van der Waals surface area contributed by atoms with Crippen LogP contribution >= 0.6 is 34.8 Å². The molecule has 0 radical (unpaired) electrons. The molecule has 0 unspecified atom stereocenters. The summed E-state index contributed by atoms with van der Waals surface area (Å²) in [6, 6.07) is 16.6. The standard InChI is InChI=1S/C22H20Cl3NO3/c1-27-20-8-7-16(10-19(20)25)26-12-15-9-21(28-2)22(11-18(15)24)29-13-14-5-3-4-6-17(14)23/h3-11,26H,12-13H2,1-2H3. The zero-order chi connectivity index (χ0) is 20.8. The second-order valence-electron chi connectivity index (χ2n) is 6.18. The summed E-state index contributed by atoms with van der Waals surface area (Å²) in [6.45, 7) is 0.803. The van der Waals surface area contributed by atoms with Crippen LogP contribution in [0.1, 0.15) is 11.1 Å². The first-order valence-corrected chi connectivity index (χ1v) is 9.95. The van der Waals surface area contributed by atoms with Crippen LogP contribution in [0.25, 0.3) is 0 Å². The molecule has 3 aromatic carbocycles. The average Bonchev–Trinajstić information content (AvgIpc) is 2.72.